The van der Waals surface area contributed by atoms with Crippen molar-refractivity contribution in [2.75, 3.05) is 13.7 Å². The van der Waals surface area contributed by atoms with Crippen LogP contribution in [0.25, 0.3) is 6.08 Å². The van der Waals surface area contributed by atoms with Gasteiger partial charge in [-0.25, -0.2) is 9.79 Å². The molecule has 3 aromatic rings. The van der Waals surface area contributed by atoms with Crippen LogP contribution in [-0.4, -0.2) is 24.3 Å². The van der Waals surface area contributed by atoms with Gasteiger partial charge in [-0.3, -0.25) is 9.36 Å². The van der Waals surface area contributed by atoms with E-state index in [9.17, 15) is 9.59 Å². The largest absolute Gasteiger partial charge is 0.497 e. The predicted octanol–water partition coefficient (Wildman–Crippen LogP) is 3.46. The first-order valence-corrected chi connectivity index (χ1v) is 11.2. The number of fused-ring (bicyclic) bond motifs is 1. The van der Waals surface area contributed by atoms with Crippen LogP contribution >= 0.6 is 22.9 Å². The van der Waals surface area contributed by atoms with Gasteiger partial charge in [0.15, 0.2) is 4.80 Å². The number of carbonyl (C=O) groups excluding carboxylic acids is 1. The zero-order valence-electron chi connectivity index (χ0n) is 17.8. The van der Waals surface area contributed by atoms with Gasteiger partial charge in [0.1, 0.15) is 5.75 Å². The summed E-state index contributed by atoms with van der Waals surface area (Å²) in [6.45, 7) is 3.73. The van der Waals surface area contributed by atoms with Crippen molar-refractivity contribution in [1.29, 1.82) is 0 Å². The number of halogens is 1. The third kappa shape index (κ3) is 4.13. The van der Waals surface area contributed by atoms with Crippen LogP contribution < -0.4 is 19.6 Å². The van der Waals surface area contributed by atoms with Crippen molar-refractivity contribution in [3.63, 3.8) is 0 Å². The van der Waals surface area contributed by atoms with Crippen LogP contribution in [0.2, 0.25) is 5.02 Å². The van der Waals surface area contributed by atoms with E-state index in [4.69, 9.17) is 21.1 Å². The highest BCUT2D eigenvalue weighted by Gasteiger charge is 2.33. The first kappa shape index (κ1) is 22.0. The monoisotopic (exact) mass is 468 g/mol. The fraction of sp³-hybridized carbons (Fsp3) is 0.208. The van der Waals surface area contributed by atoms with E-state index in [1.165, 1.54) is 11.3 Å². The Bertz CT molecular complexity index is 1390. The van der Waals surface area contributed by atoms with Gasteiger partial charge in [-0.1, -0.05) is 47.2 Å². The van der Waals surface area contributed by atoms with Crippen LogP contribution in [0, 0.1) is 0 Å². The number of thiazole rings is 1. The topological polar surface area (TPSA) is 69.9 Å². The van der Waals surface area contributed by atoms with Crippen LogP contribution in [-0.2, 0) is 9.53 Å². The van der Waals surface area contributed by atoms with E-state index in [1.54, 1.807) is 43.7 Å². The Morgan fingerprint density at radius 1 is 1.25 bits per heavy atom. The number of allylic oxidation sites excluding steroid dienone is 1. The van der Waals surface area contributed by atoms with Gasteiger partial charge in [0, 0.05) is 5.02 Å². The van der Waals surface area contributed by atoms with Crippen molar-refractivity contribution < 1.29 is 14.3 Å². The van der Waals surface area contributed by atoms with Crippen molar-refractivity contribution >= 4 is 35.0 Å². The van der Waals surface area contributed by atoms with Gasteiger partial charge in [0.05, 0.1) is 35.6 Å². The summed E-state index contributed by atoms with van der Waals surface area (Å²) in [4.78, 5) is 31.5. The lowest BCUT2D eigenvalue weighted by Gasteiger charge is -2.25. The number of aromatic nitrogens is 1. The standard InChI is InChI=1S/C24H21ClN2O4S/c1-4-31-23(29)20-14(2)26-24-27(21(20)16-6-5-7-18(13-16)30-3)22(28)19(32-24)12-15-8-10-17(25)11-9-15/h5-13,21H,4H2,1-3H3/b19-12+/t21-/m0/s1. The van der Waals surface area contributed by atoms with E-state index in [2.05, 4.69) is 4.99 Å². The molecule has 0 bridgehead atoms. The number of hydrogen-bond acceptors (Lipinski definition) is 6. The molecule has 0 radical (unpaired) electrons. The molecule has 1 aliphatic heterocycles. The first-order valence-electron chi connectivity index (χ1n) is 10.0. The second kappa shape index (κ2) is 9.14. The third-order valence-electron chi connectivity index (χ3n) is 5.09. The molecule has 1 aliphatic rings. The minimum atomic E-state index is -0.673. The maximum Gasteiger partial charge on any atom is 0.338 e. The number of rotatable bonds is 5. The van der Waals surface area contributed by atoms with Crippen molar-refractivity contribution in [2.24, 2.45) is 4.99 Å². The summed E-state index contributed by atoms with van der Waals surface area (Å²) >= 11 is 7.25. The van der Waals surface area contributed by atoms with Crippen LogP contribution in [0.4, 0.5) is 0 Å². The molecule has 2 aromatic carbocycles. The lowest BCUT2D eigenvalue weighted by atomic mass is 9.95. The molecule has 0 unspecified atom stereocenters. The van der Waals surface area contributed by atoms with Crippen LogP contribution in [0.3, 0.4) is 0 Å². The van der Waals surface area contributed by atoms with Crippen LogP contribution in [0.1, 0.15) is 31.0 Å². The van der Waals surface area contributed by atoms with Crippen LogP contribution in [0.5, 0.6) is 5.75 Å². The van der Waals surface area contributed by atoms with Gasteiger partial charge in [0.2, 0.25) is 0 Å². The zero-order valence-corrected chi connectivity index (χ0v) is 19.4. The van der Waals surface area contributed by atoms with E-state index in [1.807, 2.05) is 36.4 Å². The number of nitrogens with zero attached hydrogens (tertiary/aromatic N) is 2. The Labute approximate surface area is 193 Å². The number of hydrogen-bond donors (Lipinski definition) is 0. The Morgan fingerprint density at radius 3 is 2.69 bits per heavy atom. The molecule has 32 heavy (non-hydrogen) atoms. The Hall–Kier alpha value is -3.16. The number of carbonyl (C=O) groups is 1. The minimum absolute atomic E-state index is 0.224. The quantitative estimate of drug-likeness (QED) is 0.538. The lowest BCUT2D eigenvalue weighted by Crippen LogP contribution is -2.39. The third-order valence-corrected chi connectivity index (χ3v) is 6.33. The van der Waals surface area contributed by atoms with E-state index >= 15 is 0 Å². The number of methoxy groups -OCH3 is 1. The maximum atomic E-state index is 13.5. The van der Waals surface area contributed by atoms with E-state index in [0.717, 1.165) is 11.1 Å². The van der Waals surface area contributed by atoms with Crippen molar-refractivity contribution in [1.82, 2.24) is 4.57 Å². The summed E-state index contributed by atoms with van der Waals surface area (Å²) in [6, 6.07) is 13.9. The minimum Gasteiger partial charge on any atom is -0.497 e. The van der Waals surface area contributed by atoms with Gasteiger partial charge in [-0.15, -0.1) is 0 Å². The molecule has 4 rings (SSSR count). The predicted molar refractivity (Wildman–Crippen MR) is 125 cm³/mol. The van der Waals surface area contributed by atoms with Crippen LogP contribution in [0.15, 0.2) is 69.6 Å². The SMILES string of the molecule is CCOC(=O)C1=C(C)N=c2s/c(=C/c3ccc(Cl)cc3)c(=O)n2[C@H]1c1cccc(OC)c1. The summed E-state index contributed by atoms with van der Waals surface area (Å²) in [5.41, 5.74) is 2.21. The smallest absolute Gasteiger partial charge is 0.338 e. The highest BCUT2D eigenvalue weighted by molar-refractivity contribution is 7.07. The highest BCUT2D eigenvalue weighted by Crippen LogP contribution is 2.32. The fourth-order valence-electron chi connectivity index (χ4n) is 3.63. The molecular formula is C24H21ClN2O4S. The Morgan fingerprint density at radius 2 is 2.00 bits per heavy atom. The molecule has 0 spiro atoms. The highest BCUT2D eigenvalue weighted by atomic mass is 35.5. The molecule has 2 heterocycles. The fourth-order valence-corrected chi connectivity index (χ4v) is 4.80. The van der Waals surface area contributed by atoms with Crippen molar-refractivity contribution in [3.8, 4) is 5.75 Å². The molecule has 8 heteroatoms. The maximum absolute atomic E-state index is 13.5. The average Bonchev–Trinajstić information content (AvgIpc) is 3.09. The lowest BCUT2D eigenvalue weighted by molar-refractivity contribution is -0.139. The van der Waals surface area contributed by atoms with Gasteiger partial charge in [-0.2, -0.15) is 0 Å². The number of esters is 1. The van der Waals surface area contributed by atoms with E-state index in [0.29, 0.717) is 31.4 Å². The van der Waals surface area contributed by atoms with Gasteiger partial charge in [-0.05, 0) is 55.3 Å². The number of ether oxygens (including phenoxy) is 2. The molecule has 0 fully saturated rings. The van der Waals surface area contributed by atoms with Gasteiger partial charge >= 0.3 is 5.97 Å². The summed E-state index contributed by atoms with van der Waals surface area (Å²) in [7, 11) is 1.57. The Balaban J connectivity index is 1.96. The average molecular weight is 469 g/mol. The van der Waals surface area contributed by atoms with Gasteiger partial charge < -0.3 is 9.47 Å². The molecule has 0 saturated heterocycles. The molecule has 1 aromatic heterocycles. The molecular weight excluding hydrogens is 448 g/mol. The van der Waals surface area contributed by atoms with E-state index < -0.39 is 12.0 Å². The Kier molecular flexibility index (Phi) is 6.30. The normalized spacial score (nSPS) is 15.9. The molecule has 164 valence electrons. The summed E-state index contributed by atoms with van der Waals surface area (Å²) in [6.07, 6.45) is 1.80. The molecule has 0 N–H and O–H groups in total. The molecule has 1 atom stereocenters. The number of benzene rings is 2. The second-order valence-corrected chi connectivity index (χ2v) is 8.58. The molecule has 0 saturated carbocycles. The molecule has 0 amide bonds. The summed E-state index contributed by atoms with van der Waals surface area (Å²) < 4.78 is 12.7. The van der Waals surface area contributed by atoms with Crippen molar-refractivity contribution in [2.45, 2.75) is 19.9 Å². The molecule has 0 aliphatic carbocycles. The second-order valence-electron chi connectivity index (χ2n) is 7.13. The van der Waals surface area contributed by atoms with Gasteiger partial charge in [0.25, 0.3) is 5.56 Å². The molecule has 6 nitrogen and oxygen atoms in total. The zero-order chi connectivity index (χ0) is 22.8. The summed E-state index contributed by atoms with van der Waals surface area (Å²) in [5, 5.41) is 0.622. The summed E-state index contributed by atoms with van der Waals surface area (Å²) in [5.74, 6) is 0.136. The van der Waals surface area contributed by atoms with Crippen molar-refractivity contribution in [3.05, 3.63) is 95.6 Å². The first-order chi connectivity index (χ1) is 15.4. The van der Waals surface area contributed by atoms with E-state index in [-0.39, 0.29) is 12.2 Å².